The zero-order valence-corrected chi connectivity index (χ0v) is 11.9. The highest BCUT2D eigenvalue weighted by Crippen LogP contribution is 2.19. The van der Waals surface area contributed by atoms with Gasteiger partial charge in [-0.15, -0.1) is 10.2 Å². The standard InChI is InChI=1S/C11H14ClN7O/c1-7(2)20-11-15-9(12)14-10(16-11)18-3-4-19-6-13-17-8(19)5-18/h6-7H,3-5H2,1-2H3. The van der Waals surface area contributed by atoms with Gasteiger partial charge in [0.2, 0.25) is 11.2 Å². The summed E-state index contributed by atoms with van der Waals surface area (Å²) in [5.41, 5.74) is 0. The number of nitrogens with zero attached hydrogens (tertiary/aromatic N) is 7. The van der Waals surface area contributed by atoms with Crippen molar-refractivity contribution in [3.05, 3.63) is 17.4 Å². The minimum atomic E-state index is -0.0224. The molecule has 0 atom stereocenters. The molecule has 2 aromatic heterocycles. The molecule has 0 spiro atoms. The summed E-state index contributed by atoms with van der Waals surface area (Å²) in [5.74, 6) is 1.37. The number of fused-ring (bicyclic) bond motifs is 1. The zero-order valence-electron chi connectivity index (χ0n) is 11.2. The maximum absolute atomic E-state index is 5.93. The molecule has 3 rings (SSSR count). The zero-order chi connectivity index (χ0) is 14.1. The van der Waals surface area contributed by atoms with Crippen LogP contribution in [-0.2, 0) is 13.1 Å². The van der Waals surface area contributed by atoms with Gasteiger partial charge in [0.15, 0.2) is 5.82 Å². The summed E-state index contributed by atoms with van der Waals surface area (Å²) < 4.78 is 7.48. The molecule has 9 heteroatoms. The maximum Gasteiger partial charge on any atom is 0.322 e. The van der Waals surface area contributed by atoms with Gasteiger partial charge in [0.1, 0.15) is 6.33 Å². The second-order valence-corrected chi connectivity index (χ2v) is 5.05. The van der Waals surface area contributed by atoms with Crippen LogP contribution in [0, 0.1) is 0 Å². The fraction of sp³-hybridized carbons (Fsp3) is 0.545. The van der Waals surface area contributed by atoms with E-state index in [9.17, 15) is 0 Å². The Morgan fingerprint density at radius 3 is 2.90 bits per heavy atom. The number of rotatable bonds is 3. The third-order valence-corrected chi connectivity index (χ3v) is 3.01. The molecule has 0 radical (unpaired) electrons. The Kier molecular flexibility index (Phi) is 3.39. The minimum absolute atomic E-state index is 0.0224. The Morgan fingerprint density at radius 1 is 1.25 bits per heavy atom. The van der Waals surface area contributed by atoms with Crippen LogP contribution >= 0.6 is 11.6 Å². The van der Waals surface area contributed by atoms with Crippen molar-refractivity contribution < 1.29 is 4.74 Å². The monoisotopic (exact) mass is 295 g/mol. The van der Waals surface area contributed by atoms with E-state index in [2.05, 4.69) is 25.1 Å². The van der Waals surface area contributed by atoms with E-state index in [0.717, 1.165) is 18.9 Å². The molecule has 2 aromatic rings. The predicted octanol–water partition coefficient (Wildman–Crippen LogP) is 0.924. The van der Waals surface area contributed by atoms with Gasteiger partial charge in [0.05, 0.1) is 12.6 Å². The van der Waals surface area contributed by atoms with Crippen LogP contribution in [-0.4, -0.2) is 42.4 Å². The highest BCUT2D eigenvalue weighted by atomic mass is 35.5. The smallest absolute Gasteiger partial charge is 0.322 e. The first-order chi connectivity index (χ1) is 9.61. The molecule has 3 heterocycles. The molecule has 0 saturated carbocycles. The van der Waals surface area contributed by atoms with Gasteiger partial charge >= 0.3 is 6.01 Å². The summed E-state index contributed by atoms with van der Waals surface area (Å²) in [6.45, 7) is 5.93. The van der Waals surface area contributed by atoms with Gasteiger partial charge < -0.3 is 14.2 Å². The molecule has 20 heavy (non-hydrogen) atoms. The van der Waals surface area contributed by atoms with Gasteiger partial charge in [-0.3, -0.25) is 0 Å². The molecule has 1 aliphatic heterocycles. The minimum Gasteiger partial charge on any atom is -0.461 e. The van der Waals surface area contributed by atoms with E-state index in [0.29, 0.717) is 12.5 Å². The molecule has 106 valence electrons. The molecule has 0 saturated heterocycles. The summed E-state index contributed by atoms with van der Waals surface area (Å²) >= 11 is 5.93. The molecule has 0 fully saturated rings. The Hall–Kier alpha value is -1.96. The number of ether oxygens (including phenoxy) is 1. The topological polar surface area (TPSA) is 81.9 Å². The summed E-state index contributed by atoms with van der Waals surface area (Å²) in [7, 11) is 0. The first-order valence-electron chi connectivity index (χ1n) is 6.31. The van der Waals surface area contributed by atoms with Crippen molar-refractivity contribution in [1.29, 1.82) is 0 Å². The van der Waals surface area contributed by atoms with Gasteiger partial charge in [0.25, 0.3) is 0 Å². The maximum atomic E-state index is 5.93. The fourth-order valence-corrected chi connectivity index (χ4v) is 2.11. The van der Waals surface area contributed by atoms with Crippen molar-refractivity contribution in [2.24, 2.45) is 0 Å². The van der Waals surface area contributed by atoms with Crippen LogP contribution in [0.2, 0.25) is 5.28 Å². The number of aromatic nitrogens is 6. The molecule has 1 aliphatic rings. The van der Waals surface area contributed by atoms with Crippen molar-refractivity contribution in [3.8, 4) is 6.01 Å². The van der Waals surface area contributed by atoms with Crippen LogP contribution in [0.15, 0.2) is 6.33 Å². The van der Waals surface area contributed by atoms with E-state index in [1.54, 1.807) is 6.33 Å². The fourth-order valence-electron chi connectivity index (χ4n) is 1.96. The van der Waals surface area contributed by atoms with Crippen LogP contribution in [0.3, 0.4) is 0 Å². The Bertz CT molecular complexity index is 615. The van der Waals surface area contributed by atoms with Gasteiger partial charge in [-0.1, -0.05) is 0 Å². The largest absolute Gasteiger partial charge is 0.461 e. The first kappa shape index (κ1) is 13.0. The number of anilines is 1. The Morgan fingerprint density at radius 2 is 2.10 bits per heavy atom. The molecular weight excluding hydrogens is 282 g/mol. The van der Waals surface area contributed by atoms with Crippen molar-refractivity contribution in [2.75, 3.05) is 11.4 Å². The van der Waals surface area contributed by atoms with Crippen LogP contribution in [0.4, 0.5) is 5.95 Å². The first-order valence-corrected chi connectivity index (χ1v) is 6.69. The Balaban J connectivity index is 1.85. The van der Waals surface area contributed by atoms with Gasteiger partial charge in [-0.2, -0.15) is 15.0 Å². The van der Waals surface area contributed by atoms with Crippen LogP contribution in [0.5, 0.6) is 6.01 Å². The summed E-state index contributed by atoms with van der Waals surface area (Å²) in [4.78, 5) is 14.4. The number of halogens is 1. The lowest BCUT2D eigenvalue weighted by Crippen LogP contribution is -2.35. The second-order valence-electron chi connectivity index (χ2n) is 4.72. The van der Waals surface area contributed by atoms with Crippen molar-refractivity contribution in [2.45, 2.75) is 33.0 Å². The van der Waals surface area contributed by atoms with E-state index in [-0.39, 0.29) is 17.4 Å². The predicted molar refractivity (Wildman–Crippen MR) is 71.7 cm³/mol. The molecule has 0 bridgehead atoms. The lowest BCUT2D eigenvalue weighted by molar-refractivity contribution is 0.221. The van der Waals surface area contributed by atoms with E-state index in [1.807, 2.05) is 23.3 Å². The second kappa shape index (κ2) is 5.20. The Labute approximate surface area is 120 Å². The summed E-state index contributed by atoms with van der Waals surface area (Å²) in [5, 5.41) is 8.07. The van der Waals surface area contributed by atoms with E-state index in [1.165, 1.54) is 0 Å². The lowest BCUT2D eigenvalue weighted by atomic mass is 10.4. The molecule has 8 nitrogen and oxygen atoms in total. The van der Waals surface area contributed by atoms with E-state index >= 15 is 0 Å². The van der Waals surface area contributed by atoms with E-state index < -0.39 is 0 Å². The van der Waals surface area contributed by atoms with Gasteiger partial charge in [0, 0.05) is 13.1 Å². The average molecular weight is 296 g/mol. The third kappa shape index (κ3) is 2.64. The van der Waals surface area contributed by atoms with Crippen LogP contribution in [0.1, 0.15) is 19.7 Å². The van der Waals surface area contributed by atoms with Crippen LogP contribution < -0.4 is 9.64 Å². The lowest BCUT2D eigenvalue weighted by Gasteiger charge is -2.27. The van der Waals surface area contributed by atoms with Gasteiger partial charge in [-0.05, 0) is 25.4 Å². The van der Waals surface area contributed by atoms with Crippen molar-refractivity contribution in [1.82, 2.24) is 29.7 Å². The van der Waals surface area contributed by atoms with Crippen molar-refractivity contribution >= 4 is 17.5 Å². The van der Waals surface area contributed by atoms with Crippen LogP contribution in [0.25, 0.3) is 0 Å². The SMILES string of the molecule is CC(C)Oc1nc(Cl)nc(N2CCn3cnnc3C2)n1. The third-order valence-electron chi connectivity index (χ3n) is 2.84. The normalized spacial score (nSPS) is 14.5. The molecule has 0 unspecified atom stereocenters. The van der Waals surface area contributed by atoms with E-state index in [4.69, 9.17) is 16.3 Å². The molecular formula is C11H14ClN7O. The molecule has 0 aliphatic carbocycles. The highest BCUT2D eigenvalue weighted by Gasteiger charge is 2.21. The average Bonchev–Trinajstić information content (AvgIpc) is 2.84. The molecule has 0 aromatic carbocycles. The molecule has 0 N–H and O–H groups in total. The summed E-state index contributed by atoms with van der Waals surface area (Å²) in [6.07, 6.45) is 1.70. The van der Waals surface area contributed by atoms with Crippen molar-refractivity contribution in [3.63, 3.8) is 0 Å². The highest BCUT2D eigenvalue weighted by molar-refractivity contribution is 6.28. The number of hydrogen-bond donors (Lipinski definition) is 0. The quantitative estimate of drug-likeness (QED) is 0.833. The molecule has 0 amide bonds. The summed E-state index contributed by atoms with van der Waals surface area (Å²) in [6, 6.07) is 0.238. The van der Waals surface area contributed by atoms with Gasteiger partial charge in [-0.25, -0.2) is 0 Å². The number of hydrogen-bond acceptors (Lipinski definition) is 7.